The van der Waals surface area contributed by atoms with Crippen molar-refractivity contribution >= 4 is 0 Å². The summed E-state index contributed by atoms with van der Waals surface area (Å²) in [5.74, 6) is 2.09. The highest BCUT2D eigenvalue weighted by atomic mass is 16.5. The van der Waals surface area contributed by atoms with Crippen molar-refractivity contribution in [1.29, 1.82) is 0 Å². The van der Waals surface area contributed by atoms with Crippen molar-refractivity contribution in [3.05, 3.63) is 18.2 Å². The van der Waals surface area contributed by atoms with E-state index >= 15 is 0 Å². The van der Waals surface area contributed by atoms with E-state index in [0.29, 0.717) is 18.1 Å². The van der Waals surface area contributed by atoms with E-state index in [1.807, 2.05) is 18.2 Å². The molecule has 1 fully saturated rings. The zero-order valence-corrected chi connectivity index (χ0v) is 11.6. The highest BCUT2D eigenvalue weighted by Crippen LogP contribution is 2.36. The summed E-state index contributed by atoms with van der Waals surface area (Å²) >= 11 is 0. The van der Waals surface area contributed by atoms with Crippen LogP contribution >= 0.6 is 0 Å². The van der Waals surface area contributed by atoms with Crippen LogP contribution in [0.3, 0.4) is 0 Å². The van der Waals surface area contributed by atoms with Crippen molar-refractivity contribution in [2.75, 3.05) is 53.6 Å². The van der Waals surface area contributed by atoms with Crippen LogP contribution in [0, 0.1) is 0 Å². The van der Waals surface area contributed by atoms with Gasteiger partial charge in [0.1, 0.15) is 6.61 Å². The van der Waals surface area contributed by atoms with Crippen LogP contribution in [-0.4, -0.2) is 58.5 Å². The van der Waals surface area contributed by atoms with Crippen molar-refractivity contribution < 1.29 is 14.2 Å². The maximum Gasteiger partial charge on any atom is 0.203 e. The number of hydrogen-bond acceptors (Lipinski definition) is 5. The zero-order chi connectivity index (χ0) is 13.5. The second-order valence-electron chi connectivity index (χ2n) is 4.43. The highest BCUT2D eigenvalue weighted by molar-refractivity contribution is 5.50. The average Bonchev–Trinajstić information content (AvgIpc) is 2.48. The molecule has 1 heterocycles. The molecular weight excluding hydrogens is 244 g/mol. The van der Waals surface area contributed by atoms with Crippen molar-refractivity contribution in [3.63, 3.8) is 0 Å². The van der Waals surface area contributed by atoms with Crippen molar-refractivity contribution in [2.24, 2.45) is 0 Å². The predicted molar refractivity (Wildman–Crippen MR) is 74.4 cm³/mol. The third-order valence-electron chi connectivity index (χ3n) is 3.24. The molecule has 106 valence electrons. The van der Waals surface area contributed by atoms with Gasteiger partial charge in [-0.25, -0.2) is 0 Å². The minimum Gasteiger partial charge on any atom is -0.493 e. The van der Waals surface area contributed by atoms with Crippen LogP contribution in [0.15, 0.2) is 18.2 Å². The van der Waals surface area contributed by atoms with E-state index in [2.05, 4.69) is 10.2 Å². The third kappa shape index (κ3) is 3.75. The van der Waals surface area contributed by atoms with Gasteiger partial charge in [0.25, 0.3) is 0 Å². The smallest absolute Gasteiger partial charge is 0.203 e. The Balaban J connectivity index is 1.88. The summed E-state index contributed by atoms with van der Waals surface area (Å²) in [5.41, 5.74) is 0. The molecule has 19 heavy (non-hydrogen) atoms. The van der Waals surface area contributed by atoms with Crippen LogP contribution < -0.4 is 19.5 Å². The van der Waals surface area contributed by atoms with E-state index in [1.165, 1.54) is 0 Å². The number of methoxy groups -OCH3 is 2. The molecule has 1 aliphatic heterocycles. The molecule has 5 heteroatoms. The average molecular weight is 266 g/mol. The largest absolute Gasteiger partial charge is 0.493 e. The first-order valence-electron chi connectivity index (χ1n) is 6.62. The first-order valence-corrected chi connectivity index (χ1v) is 6.62. The van der Waals surface area contributed by atoms with Crippen LogP contribution in [0.4, 0.5) is 0 Å². The molecule has 5 nitrogen and oxygen atoms in total. The fraction of sp³-hybridized carbons (Fsp3) is 0.571. The lowest BCUT2D eigenvalue weighted by Crippen LogP contribution is -2.44. The number of piperazine rings is 1. The Morgan fingerprint density at radius 3 is 2.53 bits per heavy atom. The quantitative estimate of drug-likeness (QED) is 0.831. The lowest BCUT2D eigenvalue weighted by Gasteiger charge is -2.27. The topological polar surface area (TPSA) is 43.0 Å². The Hall–Kier alpha value is -1.46. The minimum atomic E-state index is 0.656. The molecule has 1 aromatic rings. The minimum absolute atomic E-state index is 0.656. The van der Waals surface area contributed by atoms with E-state index in [4.69, 9.17) is 14.2 Å². The normalized spacial score (nSPS) is 16.1. The van der Waals surface area contributed by atoms with Gasteiger partial charge in [0.05, 0.1) is 14.2 Å². The molecule has 0 bridgehead atoms. The van der Waals surface area contributed by atoms with E-state index in [9.17, 15) is 0 Å². The molecule has 2 rings (SSSR count). The number of benzene rings is 1. The summed E-state index contributed by atoms with van der Waals surface area (Å²) in [6.45, 7) is 5.87. The molecule has 0 unspecified atom stereocenters. The van der Waals surface area contributed by atoms with Crippen LogP contribution in [0.5, 0.6) is 17.2 Å². The van der Waals surface area contributed by atoms with Gasteiger partial charge in [-0.3, -0.25) is 4.90 Å². The molecule has 1 saturated heterocycles. The lowest BCUT2D eigenvalue weighted by molar-refractivity contribution is 0.187. The summed E-state index contributed by atoms with van der Waals surface area (Å²) in [6.07, 6.45) is 0. The maximum absolute atomic E-state index is 5.81. The van der Waals surface area contributed by atoms with E-state index in [0.717, 1.165) is 38.5 Å². The second-order valence-corrected chi connectivity index (χ2v) is 4.43. The first kappa shape index (κ1) is 14.0. The molecule has 1 N–H and O–H groups in total. The van der Waals surface area contributed by atoms with Crippen molar-refractivity contribution in [1.82, 2.24) is 10.2 Å². The second kappa shape index (κ2) is 7.21. The molecule has 0 spiro atoms. The lowest BCUT2D eigenvalue weighted by atomic mass is 10.3. The van der Waals surface area contributed by atoms with Gasteiger partial charge in [-0.2, -0.15) is 0 Å². The highest BCUT2D eigenvalue weighted by Gasteiger charge is 2.12. The van der Waals surface area contributed by atoms with Gasteiger partial charge in [-0.15, -0.1) is 0 Å². The Kier molecular flexibility index (Phi) is 5.30. The molecule has 0 aromatic heterocycles. The molecule has 0 atom stereocenters. The fourth-order valence-electron chi connectivity index (χ4n) is 2.19. The summed E-state index contributed by atoms with van der Waals surface area (Å²) in [4.78, 5) is 2.39. The van der Waals surface area contributed by atoms with Crippen LogP contribution in [0.2, 0.25) is 0 Å². The zero-order valence-electron chi connectivity index (χ0n) is 11.6. The molecule has 0 amide bonds. The molecular formula is C14H22N2O3. The number of rotatable bonds is 6. The fourth-order valence-corrected chi connectivity index (χ4v) is 2.19. The number of nitrogens with one attached hydrogen (secondary N) is 1. The van der Waals surface area contributed by atoms with E-state index in [-0.39, 0.29) is 0 Å². The monoisotopic (exact) mass is 266 g/mol. The molecule has 0 radical (unpaired) electrons. The number of ether oxygens (including phenoxy) is 3. The van der Waals surface area contributed by atoms with Gasteiger partial charge in [0, 0.05) is 32.7 Å². The predicted octanol–water partition coefficient (Wildman–Crippen LogP) is 0.988. The third-order valence-corrected chi connectivity index (χ3v) is 3.24. The van der Waals surface area contributed by atoms with Gasteiger partial charge >= 0.3 is 0 Å². The SMILES string of the molecule is COc1cccc(OCCN2CCNCC2)c1OC. The number of para-hydroxylation sites is 1. The van der Waals surface area contributed by atoms with Gasteiger partial charge < -0.3 is 19.5 Å². The molecule has 1 aromatic carbocycles. The number of nitrogens with zero attached hydrogens (tertiary/aromatic N) is 1. The molecule has 0 saturated carbocycles. The summed E-state index contributed by atoms with van der Waals surface area (Å²) in [6, 6.07) is 5.67. The van der Waals surface area contributed by atoms with Crippen LogP contribution in [-0.2, 0) is 0 Å². The van der Waals surface area contributed by atoms with Gasteiger partial charge in [0.15, 0.2) is 11.5 Å². The Morgan fingerprint density at radius 1 is 1.11 bits per heavy atom. The van der Waals surface area contributed by atoms with Crippen LogP contribution in [0.25, 0.3) is 0 Å². The molecule has 0 aliphatic carbocycles. The summed E-state index contributed by atoms with van der Waals surface area (Å²) < 4.78 is 16.4. The Morgan fingerprint density at radius 2 is 1.84 bits per heavy atom. The van der Waals surface area contributed by atoms with Gasteiger partial charge in [0.2, 0.25) is 5.75 Å². The van der Waals surface area contributed by atoms with Gasteiger partial charge in [-0.1, -0.05) is 6.07 Å². The summed E-state index contributed by atoms with van der Waals surface area (Å²) in [7, 11) is 3.25. The van der Waals surface area contributed by atoms with Gasteiger partial charge in [-0.05, 0) is 12.1 Å². The molecule has 1 aliphatic rings. The standard InChI is InChI=1S/C14H22N2O3/c1-17-12-4-3-5-13(14(12)18-2)19-11-10-16-8-6-15-7-9-16/h3-5,15H,6-11H2,1-2H3. The van der Waals surface area contributed by atoms with Crippen molar-refractivity contribution in [2.45, 2.75) is 0 Å². The Bertz CT molecular complexity index is 392. The first-order chi connectivity index (χ1) is 9.35. The Labute approximate surface area is 114 Å². The van der Waals surface area contributed by atoms with E-state index in [1.54, 1.807) is 14.2 Å². The van der Waals surface area contributed by atoms with Crippen LogP contribution in [0.1, 0.15) is 0 Å². The maximum atomic E-state index is 5.81. The number of hydrogen-bond donors (Lipinski definition) is 1. The summed E-state index contributed by atoms with van der Waals surface area (Å²) in [5, 5.41) is 3.34. The van der Waals surface area contributed by atoms with E-state index < -0.39 is 0 Å². The van der Waals surface area contributed by atoms with Crippen molar-refractivity contribution in [3.8, 4) is 17.2 Å².